The molecule has 0 radical (unpaired) electrons. The Hall–Kier alpha value is -1.68. The molecule has 0 bridgehead atoms. The third kappa shape index (κ3) is 3.67. The number of ether oxygens (including phenoxy) is 1. The van der Waals surface area contributed by atoms with E-state index in [0.29, 0.717) is 5.69 Å². The molecule has 0 saturated carbocycles. The molecule has 2 rings (SSSR count). The molecule has 3 N–H and O–H groups in total. The highest BCUT2D eigenvalue weighted by molar-refractivity contribution is 9.10. The molecule has 0 aliphatic carbocycles. The van der Waals surface area contributed by atoms with Gasteiger partial charge in [0.2, 0.25) is 0 Å². The van der Waals surface area contributed by atoms with E-state index in [0.717, 1.165) is 27.2 Å². The topological polar surface area (TPSA) is 47.3 Å². The molecule has 0 spiro atoms. The van der Waals surface area contributed by atoms with Crippen LogP contribution in [-0.4, -0.2) is 6.10 Å². The number of nitrogens with one attached hydrogen (secondary N) is 1. The zero-order valence-electron chi connectivity index (χ0n) is 11.9. The quantitative estimate of drug-likeness (QED) is 0.784. The number of anilines is 3. The van der Waals surface area contributed by atoms with E-state index in [1.807, 2.05) is 50.2 Å². The molecule has 2 aromatic rings. The summed E-state index contributed by atoms with van der Waals surface area (Å²) in [5, 5.41) is 3.38. The zero-order valence-corrected chi connectivity index (χ0v) is 13.5. The highest BCUT2D eigenvalue weighted by Gasteiger charge is 2.05. The highest BCUT2D eigenvalue weighted by atomic mass is 79.9. The Labute approximate surface area is 128 Å². The minimum absolute atomic E-state index is 0.122. The largest absolute Gasteiger partial charge is 0.491 e. The van der Waals surface area contributed by atoms with Gasteiger partial charge in [0.15, 0.2) is 0 Å². The van der Waals surface area contributed by atoms with Crippen LogP contribution in [0.2, 0.25) is 0 Å². The molecule has 106 valence electrons. The number of rotatable bonds is 4. The Morgan fingerprint density at radius 1 is 1.20 bits per heavy atom. The van der Waals surface area contributed by atoms with Gasteiger partial charge in [-0.1, -0.05) is 22.0 Å². The predicted octanol–water partition coefficient (Wildman–Crippen LogP) is 4.87. The molecular weight excluding hydrogens is 316 g/mol. The number of hydrogen-bond donors (Lipinski definition) is 2. The van der Waals surface area contributed by atoms with E-state index in [1.54, 1.807) is 0 Å². The van der Waals surface area contributed by atoms with Crippen molar-refractivity contribution in [1.82, 2.24) is 0 Å². The molecule has 3 nitrogen and oxygen atoms in total. The molecule has 0 aliphatic heterocycles. The van der Waals surface area contributed by atoms with Crippen molar-refractivity contribution in [2.24, 2.45) is 0 Å². The van der Waals surface area contributed by atoms with Crippen LogP contribution in [-0.2, 0) is 0 Å². The van der Waals surface area contributed by atoms with Crippen molar-refractivity contribution in [3.63, 3.8) is 0 Å². The van der Waals surface area contributed by atoms with Gasteiger partial charge in [-0.3, -0.25) is 0 Å². The lowest BCUT2D eigenvalue weighted by atomic mass is 10.2. The molecule has 0 saturated heterocycles. The molecule has 0 amide bonds. The lowest BCUT2D eigenvalue weighted by Crippen LogP contribution is -2.06. The van der Waals surface area contributed by atoms with Crippen molar-refractivity contribution in [3.05, 3.63) is 46.4 Å². The van der Waals surface area contributed by atoms with E-state index < -0.39 is 0 Å². The molecule has 0 heterocycles. The summed E-state index contributed by atoms with van der Waals surface area (Å²) < 4.78 is 6.77. The maximum absolute atomic E-state index is 5.93. The van der Waals surface area contributed by atoms with Gasteiger partial charge in [0.05, 0.1) is 6.10 Å². The Bertz CT molecular complexity index is 611. The van der Waals surface area contributed by atoms with Crippen LogP contribution in [0.1, 0.15) is 19.4 Å². The van der Waals surface area contributed by atoms with Crippen molar-refractivity contribution < 1.29 is 4.74 Å². The predicted molar refractivity (Wildman–Crippen MR) is 88.8 cm³/mol. The molecule has 4 heteroatoms. The fraction of sp³-hybridized carbons (Fsp3) is 0.250. The molecule has 20 heavy (non-hydrogen) atoms. The summed E-state index contributed by atoms with van der Waals surface area (Å²) in [6.07, 6.45) is 0.122. The third-order valence-corrected chi connectivity index (χ3v) is 3.71. The van der Waals surface area contributed by atoms with E-state index in [9.17, 15) is 0 Å². The summed E-state index contributed by atoms with van der Waals surface area (Å²) in [7, 11) is 0. The van der Waals surface area contributed by atoms with Crippen LogP contribution in [0.25, 0.3) is 0 Å². The van der Waals surface area contributed by atoms with Crippen molar-refractivity contribution in [2.45, 2.75) is 26.9 Å². The normalized spacial score (nSPS) is 10.7. The Kier molecular flexibility index (Phi) is 4.55. The van der Waals surface area contributed by atoms with Crippen LogP contribution in [0.5, 0.6) is 5.75 Å². The number of hydrogen-bond acceptors (Lipinski definition) is 3. The third-order valence-electron chi connectivity index (χ3n) is 2.85. The SMILES string of the molecule is Cc1c(Br)cccc1Nc1cc(N)cc(OC(C)C)c1. The van der Waals surface area contributed by atoms with Gasteiger partial charge in [0, 0.05) is 33.7 Å². The van der Waals surface area contributed by atoms with Crippen LogP contribution < -0.4 is 15.8 Å². The van der Waals surface area contributed by atoms with E-state index in [-0.39, 0.29) is 6.10 Å². The minimum Gasteiger partial charge on any atom is -0.491 e. The number of nitrogens with two attached hydrogens (primary N) is 1. The Balaban J connectivity index is 2.29. The van der Waals surface area contributed by atoms with Crippen molar-refractivity contribution in [2.75, 3.05) is 11.1 Å². The molecule has 0 aliphatic rings. The average Bonchev–Trinajstić information content (AvgIpc) is 2.33. The second kappa shape index (κ2) is 6.18. The second-order valence-corrected chi connectivity index (χ2v) is 5.85. The summed E-state index contributed by atoms with van der Waals surface area (Å²) in [6.45, 7) is 6.05. The van der Waals surface area contributed by atoms with Gasteiger partial charge in [-0.25, -0.2) is 0 Å². The first-order valence-corrected chi connectivity index (χ1v) is 7.34. The van der Waals surface area contributed by atoms with Crippen LogP contribution in [0.4, 0.5) is 17.1 Å². The molecule has 0 fully saturated rings. The lowest BCUT2D eigenvalue weighted by Gasteiger charge is -2.15. The summed E-state index contributed by atoms with van der Waals surface area (Å²) in [6, 6.07) is 11.7. The molecule has 0 atom stereocenters. The fourth-order valence-electron chi connectivity index (χ4n) is 1.93. The standard InChI is InChI=1S/C16H19BrN2O/c1-10(2)20-14-8-12(18)7-13(9-14)19-16-6-4-5-15(17)11(16)3/h4-10,19H,18H2,1-3H3. The number of nitrogen functional groups attached to an aromatic ring is 1. The maximum atomic E-state index is 5.93. The van der Waals surface area contributed by atoms with Crippen LogP contribution in [0, 0.1) is 6.92 Å². The van der Waals surface area contributed by atoms with Gasteiger partial charge < -0.3 is 15.8 Å². The Morgan fingerprint density at radius 2 is 1.95 bits per heavy atom. The van der Waals surface area contributed by atoms with Gasteiger partial charge in [-0.05, 0) is 44.5 Å². The highest BCUT2D eigenvalue weighted by Crippen LogP contribution is 2.29. The van der Waals surface area contributed by atoms with Gasteiger partial charge in [0.1, 0.15) is 5.75 Å². The lowest BCUT2D eigenvalue weighted by molar-refractivity contribution is 0.242. The molecular formula is C16H19BrN2O. The average molecular weight is 335 g/mol. The zero-order chi connectivity index (χ0) is 14.7. The van der Waals surface area contributed by atoms with E-state index >= 15 is 0 Å². The number of halogens is 1. The molecule has 0 unspecified atom stereocenters. The first-order chi connectivity index (χ1) is 9.45. The summed E-state index contributed by atoms with van der Waals surface area (Å²) in [5.41, 5.74) is 9.72. The van der Waals surface area contributed by atoms with Crippen LogP contribution in [0.3, 0.4) is 0 Å². The number of benzene rings is 2. The van der Waals surface area contributed by atoms with E-state index in [2.05, 4.69) is 28.2 Å². The molecule has 2 aromatic carbocycles. The van der Waals surface area contributed by atoms with Crippen LogP contribution >= 0.6 is 15.9 Å². The summed E-state index contributed by atoms with van der Waals surface area (Å²) in [4.78, 5) is 0. The van der Waals surface area contributed by atoms with Crippen LogP contribution in [0.15, 0.2) is 40.9 Å². The molecule has 0 aromatic heterocycles. The van der Waals surface area contributed by atoms with Gasteiger partial charge in [-0.15, -0.1) is 0 Å². The summed E-state index contributed by atoms with van der Waals surface area (Å²) >= 11 is 3.53. The Morgan fingerprint density at radius 3 is 2.65 bits per heavy atom. The first kappa shape index (κ1) is 14.7. The second-order valence-electron chi connectivity index (χ2n) is 4.99. The smallest absolute Gasteiger partial charge is 0.123 e. The monoisotopic (exact) mass is 334 g/mol. The maximum Gasteiger partial charge on any atom is 0.123 e. The minimum atomic E-state index is 0.122. The first-order valence-electron chi connectivity index (χ1n) is 6.55. The summed E-state index contributed by atoms with van der Waals surface area (Å²) in [5.74, 6) is 0.773. The van der Waals surface area contributed by atoms with E-state index in [1.165, 1.54) is 0 Å². The van der Waals surface area contributed by atoms with Gasteiger partial charge in [0.25, 0.3) is 0 Å². The van der Waals surface area contributed by atoms with Gasteiger partial charge in [-0.2, -0.15) is 0 Å². The van der Waals surface area contributed by atoms with Crippen molar-refractivity contribution >= 4 is 33.0 Å². The van der Waals surface area contributed by atoms with E-state index in [4.69, 9.17) is 10.5 Å². The van der Waals surface area contributed by atoms with Crippen molar-refractivity contribution in [1.29, 1.82) is 0 Å². The van der Waals surface area contributed by atoms with Crippen molar-refractivity contribution in [3.8, 4) is 5.75 Å². The van der Waals surface area contributed by atoms with Gasteiger partial charge >= 0.3 is 0 Å². The fourth-order valence-corrected chi connectivity index (χ4v) is 2.30.